The maximum Gasteiger partial charge on any atom is 0.240 e. The normalized spacial score (nSPS) is 11.1. The predicted molar refractivity (Wildman–Crippen MR) is 104 cm³/mol. The third kappa shape index (κ3) is 7.15. The second kappa shape index (κ2) is 10.3. The minimum Gasteiger partial charge on any atom is -0.494 e. The number of amides is 1. The standard InChI is InChI=1S/C18H21BrN2O4S/c19-15-7-9-17(10-8-15)26(23,24)21-13-11-18(22)20-12-4-14-25-16-5-2-1-3-6-16/h1-3,5-10,21H,4,11-14H2,(H,20,22). The number of rotatable bonds is 10. The lowest BCUT2D eigenvalue weighted by Crippen LogP contribution is -2.31. The first-order chi connectivity index (χ1) is 12.5. The first-order valence-electron chi connectivity index (χ1n) is 8.17. The van der Waals surface area contributed by atoms with Gasteiger partial charge in [0.25, 0.3) is 0 Å². The van der Waals surface area contributed by atoms with E-state index in [1.54, 1.807) is 12.1 Å². The molecule has 0 spiro atoms. The van der Waals surface area contributed by atoms with Crippen LogP contribution in [0.1, 0.15) is 12.8 Å². The van der Waals surface area contributed by atoms with Gasteiger partial charge in [-0.3, -0.25) is 4.79 Å². The van der Waals surface area contributed by atoms with Crippen molar-refractivity contribution in [2.45, 2.75) is 17.7 Å². The second-order valence-electron chi connectivity index (χ2n) is 5.47. The highest BCUT2D eigenvalue weighted by atomic mass is 79.9. The van der Waals surface area contributed by atoms with E-state index in [1.165, 1.54) is 12.1 Å². The van der Waals surface area contributed by atoms with E-state index in [2.05, 4.69) is 26.0 Å². The minimum absolute atomic E-state index is 0.0464. The van der Waals surface area contributed by atoms with E-state index < -0.39 is 10.0 Å². The Morgan fingerprint density at radius 1 is 1.00 bits per heavy atom. The number of halogens is 1. The van der Waals surface area contributed by atoms with Gasteiger partial charge < -0.3 is 10.1 Å². The van der Waals surface area contributed by atoms with Crippen molar-refractivity contribution in [3.8, 4) is 5.75 Å². The van der Waals surface area contributed by atoms with E-state index in [0.29, 0.717) is 19.6 Å². The van der Waals surface area contributed by atoms with Crippen molar-refractivity contribution in [1.82, 2.24) is 10.0 Å². The Morgan fingerprint density at radius 2 is 1.69 bits per heavy atom. The Hall–Kier alpha value is -1.90. The zero-order valence-corrected chi connectivity index (χ0v) is 16.6. The zero-order valence-electron chi connectivity index (χ0n) is 14.2. The maximum atomic E-state index is 12.1. The summed E-state index contributed by atoms with van der Waals surface area (Å²) in [6.45, 7) is 1.02. The SMILES string of the molecule is O=C(CCNS(=O)(=O)c1ccc(Br)cc1)NCCCOc1ccccc1. The van der Waals surface area contributed by atoms with Crippen LogP contribution in [0, 0.1) is 0 Å². The molecule has 0 aliphatic carbocycles. The van der Waals surface area contributed by atoms with Crippen LogP contribution in [0.15, 0.2) is 64.0 Å². The highest BCUT2D eigenvalue weighted by Gasteiger charge is 2.13. The van der Waals surface area contributed by atoms with E-state index in [4.69, 9.17) is 4.74 Å². The Balaban J connectivity index is 1.60. The Morgan fingerprint density at radius 3 is 2.38 bits per heavy atom. The molecular weight excluding hydrogens is 420 g/mol. The predicted octanol–water partition coefficient (Wildman–Crippen LogP) is 2.70. The summed E-state index contributed by atoms with van der Waals surface area (Å²) in [5.74, 6) is 0.587. The summed E-state index contributed by atoms with van der Waals surface area (Å²) in [4.78, 5) is 11.9. The topological polar surface area (TPSA) is 84.5 Å². The lowest BCUT2D eigenvalue weighted by molar-refractivity contribution is -0.120. The fourth-order valence-corrected chi connectivity index (χ4v) is 3.39. The Kier molecular flexibility index (Phi) is 8.08. The van der Waals surface area contributed by atoms with Gasteiger partial charge in [0.2, 0.25) is 15.9 Å². The van der Waals surface area contributed by atoms with E-state index >= 15 is 0 Å². The fourth-order valence-electron chi connectivity index (χ4n) is 2.09. The minimum atomic E-state index is -3.60. The summed E-state index contributed by atoms with van der Waals surface area (Å²) in [6.07, 6.45) is 0.751. The molecule has 0 heterocycles. The molecule has 0 radical (unpaired) electrons. The van der Waals surface area contributed by atoms with E-state index in [0.717, 1.165) is 10.2 Å². The van der Waals surface area contributed by atoms with Crippen LogP contribution in [-0.4, -0.2) is 34.0 Å². The number of hydrogen-bond acceptors (Lipinski definition) is 4. The van der Waals surface area contributed by atoms with E-state index in [-0.39, 0.29) is 23.8 Å². The van der Waals surface area contributed by atoms with Crippen molar-refractivity contribution >= 4 is 31.9 Å². The van der Waals surface area contributed by atoms with Crippen molar-refractivity contribution in [3.05, 3.63) is 59.1 Å². The first-order valence-corrected chi connectivity index (χ1v) is 10.4. The fraction of sp³-hybridized carbons (Fsp3) is 0.278. The number of sulfonamides is 1. The van der Waals surface area contributed by atoms with Crippen LogP contribution < -0.4 is 14.8 Å². The first kappa shape index (κ1) is 20.4. The van der Waals surface area contributed by atoms with E-state index in [9.17, 15) is 13.2 Å². The van der Waals surface area contributed by atoms with Gasteiger partial charge in [-0.2, -0.15) is 0 Å². The van der Waals surface area contributed by atoms with Gasteiger partial charge in [-0.25, -0.2) is 13.1 Å². The number of ether oxygens (including phenoxy) is 1. The van der Waals surface area contributed by atoms with Gasteiger partial charge in [-0.15, -0.1) is 0 Å². The van der Waals surface area contributed by atoms with Crippen molar-refractivity contribution in [3.63, 3.8) is 0 Å². The number of carbonyl (C=O) groups excluding carboxylic acids is 1. The number of nitrogens with one attached hydrogen (secondary N) is 2. The molecule has 0 bridgehead atoms. The van der Waals surface area contributed by atoms with Gasteiger partial charge in [-0.05, 0) is 42.8 Å². The number of benzene rings is 2. The molecule has 2 aromatic carbocycles. The average molecular weight is 441 g/mol. The molecule has 0 aliphatic rings. The van der Waals surface area contributed by atoms with Gasteiger partial charge in [0.05, 0.1) is 11.5 Å². The van der Waals surface area contributed by atoms with Crippen molar-refractivity contribution < 1.29 is 17.9 Å². The van der Waals surface area contributed by atoms with Crippen LogP contribution in [0.5, 0.6) is 5.75 Å². The summed E-state index contributed by atoms with van der Waals surface area (Å²) < 4.78 is 32.9. The number of para-hydroxylation sites is 1. The van der Waals surface area contributed by atoms with Gasteiger partial charge >= 0.3 is 0 Å². The maximum absolute atomic E-state index is 12.1. The van der Waals surface area contributed by atoms with Crippen LogP contribution in [0.25, 0.3) is 0 Å². The third-order valence-electron chi connectivity index (χ3n) is 3.42. The lowest BCUT2D eigenvalue weighted by atomic mass is 10.3. The second-order valence-corrected chi connectivity index (χ2v) is 8.15. The molecule has 2 aromatic rings. The molecule has 0 atom stereocenters. The summed E-state index contributed by atoms with van der Waals surface area (Å²) in [6, 6.07) is 15.7. The van der Waals surface area contributed by atoms with Gasteiger partial charge in [0, 0.05) is 24.0 Å². The molecule has 2 rings (SSSR count). The molecule has 2 N–H and O–H groups in total. The van der Waals surface area contributed by atoms with Crippen LogP contribution in [0.3, 0.4) is 0 Å². The Bertz CT molecular complexity index is 796. The largest absolute Gasteiger partial charge is 0.494 e. The highest BCUT2D eigenvalue weighted by Crippen LogP contribution is 2.14. The molecule has 8 heteroatoms. The quantitative estimate of drug-likeness (QED) is 0.556. The van der Waals surface area contributed by atoms with Gasteiger partial charge in [0.1, 0.15) is 5.75 Å². The van der Waals surface area contributed by atoms with Crippen molar-refractivity contribution in [2.75, 3.05) is 19.7 Å². The molecule has 0 saturated carbocycles. The molecule has 0 unspecified atom stereocenters. The molecular formula is C18H21BrN2O4S. The molecule has 1 amide bonds. The van der Waals surface area contributed by atoms with Crippen LogP contribution in [0.2, 0.25) is 0 Å². The number of carbonyl (C=O) groups is 1. The smallest absolute Gasteiger partial charge is 0.240 e. The van der Waals surface area contributed by atoms with Crippen LogP contribution >= 0.6 is 15.9 Å². The van der Waals surface area contributed by atoms with Gasteiger partial charge in [0.15, 0.2) is 0 Å². The van der Waals surface area contributed by atoms with Crippen molar-refractivity contribution in [1.29, 1.82) is 0 Å². The molecule has 0 aliphatic heterocycles. The molecule has 0 fully saturated rings. The summed E-state index contributed by atoms with van der Waals surface area (Å²) in [7, 11) is -3.60. The molecule has 0 aromatic heterocycles. The third-order valence-corrected chi connectivity index (χ3v) is 5.43. The monoisotopic (exact) mass is 440 g/mol. The summed E-state index contributed by atoms with van der Waals surface area (Å²) in [5.41, 5.74) is 0. The Labute approximate surface area is 162 Å². The van der Waals surface area contributed by atoms with Crippen LogP contribution in [0.4, 0.5) is 0 Å². The van der Waals surface area contributed by atoms with Gasteiger partial charge in [-0.1, -0.05) is 34.1 Å². The number of hydrogen-bond donors (Lipinski definition) is 2. The molecule has 0 saturated heterocycles. The molecule has 6 nitrogen and oxygen atoms in total. The molecule has 140 valence electrons. The average Bonchev–Trinajstić information content (AvgIpc) is 2.62. The van der Waals surface area contributed by atoms with E-state index in [1.807, 2.05) is 30.3 Å². The zero-order chi connectivity index (χ0) is 18.8. The highest BCUT2D eigenvalue weighted by molar-refractivity contribution is 9.10. The summed E-state index contributed by atoms with van der Waals surface area (Å²) in [5, 5.41) is 2.74. The molecule has 26 heavy (non-hydrogen) atoms. The van der Waals surface area contributed by atoms with Crippen molar-refractivity contribution in [2.24, 2.45) is 0 Å². The lowest BCUT2D eigenvalue weighted by Gasteiger charge is -2.08. The summed E-state index contributed by atoms with van der Waals surface area (Å²) >= 11 is 3.26. The van der Waals surface area contributed by atoms with Crippen LogP contribution in [-0.2, 0) is 14.8 Å².